The third-order valence-corrected chi connectivity index (χ3v) is 5.60. The number of hydrogen-bond acceptors (Lipinski definition) is 7. The van der Waals surface area contributed by atoms with E-state index in [0.29, 0.717) is 22.7 Å². The Morgan fingerprint density at radius 3 is 2.78 bits per heavy atom. The summed E-state index contributed by atoms with van der Waals surface area (Å²) in [6, 6.07) is 13.5. The Hall–Kier alpha value is -3.72. The molecule has 9 heteroatoms. The van der Waals surface area contributed by atoms with E-state index in [4.69, 9.17) is 9.15 Å². The largest absolute Gasteiger partial charge is 0.504 e. The molecule has 0 aliphatic carbocycles. The number of aryl methyl sites for hydroxylation is 1. The summed E-state index contributed by atoms with van der Waals surface area (Å²) in [7, 11) is 0. The second-order valence-corrected chi connectivity index (χ2v) is 7.82. The third-order valence-electron chi connectivity index (χ3n) is 4.74. The Bertz CT molecular complexity index is 1360. The summed E-state index contributed by atoms with van der Waals surface area (Å²) in [5, 5.41) is 21.6. The van der Waals surface area contributed by atoms with Gasteiger partial charge < -0.3 is 14.3 Å². The monoisotopic (exact) mass is 495 g/mol. The van der Waals surface area contributed by atoms with Crippen molar-refractivity contribution < 1.29 is 19.2 Å². The van der Waals surface area contributed by atoms with Gasteiger partial charge in [-0.3, -0.25) is 15.1 Å². The molecule has 32 heavy (non-hydrogen) atoms. The highest BCUT2D eigenvalue weighted by atomic mass is 79.9. The first kappa shape index (κ1) is 21.5. The summed E-state index contributed by atoms with van der Waals surface area (Å²) in [4.78, 5) is 19.5. The van der Waals surface area contributed by atoms with Gasteiger partial charge in [-0.25, -0.2) is 4.98 Å². The van der Waals surface area contributed by atoms with E-state index in [1.807, 2.05) is 25.1 Å². The second kappa shape index (κ2) is 8.80. The molecule has 0 unspecified atom stereocenters. The van der Waals surface area contributed by atoms with E-state index in [2.05, 4.69) is 25.9 Å². The number of rotatable bonds is 6. The third kappa shape index (κ3) is 4.33. The smallest absolute Gasteiger partial charge is 0.274 e. The number of nitrogens with zero attached hydrogens (tertiary/aromatic N) is 3. The van der Waals surface area contributed by atoms with Crippen molar-refractivity contribution in [1.82, 2.24) is 4.98 Å². The number of nitro benzene ring substituents is 1. The molecule has 0 atom stereocenters. The second-order valence-electron chi connectivity index (χ2n) is 6.97. The molecule has 4 rings (SSSR count). The van der Waals surface area contributed by atoms with Crippen molar-refractivity contribution in [3.63, 3.8) is 0 Å². The van der Waals surface area contributed by atoms with Crippen LogP contribution in [-0.4, -0.2) is 27.8 Å². The number of halogens is 1. The predicted octanol–water partition coefficient (Wildman–Crippen LogP) is 6.33. The average Bonchev–Trinajstić information content (AvgIpc) is 3.19. The van der Waals surface area contributed by atoms with Gasteiger partial charge in [0.1, 0.15) is 5.52 Å². The van der Waals surface area contributed by atoms with Crippen molar-refractivity contribution in [3.8, 4) is 23.0 Å². The highest BCUT2D eigenvalue weighted by Crippen LogP contribution is 2.34. The van der Waals surface area contributed by atoms with Gasteiger partial charge in [-0.1, -0.05) is 22.0 Å². The van der Waals surface area contributed by atoms with E-state index in [1.165, 1.54) is 18.3 Å². The molecule has 0 saturated heterocycles. The van der Waals surface area contributed by atoms with Gasteiger partial charge in [0.05, 0.1) is 23.3 Å². The van der Waals surface area contributed by atoms with E-state index in [9.17, 15) is 15.2 Å². The summed E-state index contributed by atoms with van der Waals surface area (Å²) in [5.41, 5.74) is 3.69. The van der Waals surface area contributed by atoms with Crippen molar-refractivity contribution in [2.75, 3.05) is 6.61 Å². The van der Waals surface area contributed by atoms with Crippen LogP contribution >= 0.6 is 15.9 Å². The van der Waals surface area contributed by atoms with Crippen LogP contribution in [0.1, 0.15) is 18.1 Å². The first-order chi connectivity index (χ1) is 15.4. The van der Waals surface area contributed by atoms with Crippen LogP contribution in [0.15, 0.2) is 62.4 Å². The van der Waals surface area contributed by atoms with Gasteiger partial charge in [-0.05, 0) is 49.7 Å². The number of aromatic hydroxyl groups is 1. The quantitative estimate of drug-likeness (QED) is 0.190. The Kier molecular flexibility index (Phi) is 5.91. The molecule has 0 radical (unpaired) electrons. The number of phenolic OH excluding ortho intramolecular Hbond substituents is 1. The lowest BCUT2D eigenvalue weighted by Crippen LogP contribution is -1.97. The van der Waals surface area contributed by atoms with Gasteiger partial charge in [0.15, 0.2) is 17.1 Å². The fourth-order valence-electron chi connectivity index (χ4n) is 3.07. The molecule has 1 N–H and O–H groups in total. The first-order valence-electron chi connectivity index (χ1n) is 9.71. The fourth-order valence-corrected chi connectivity index (χ4v) is 3.45. The van der Waals surface area contributed by atoms with Crippen molar-refractivity contribution in [2.24, 2.45) is 4.99 Å². The number of aliphatic imine (C=N–C) groups is 1. The van der Waals surface area contributed by atoms with Crippen LogP contribution in [0, 0.1) is 17.0 Å². The summed E-state index contributed by atoms with van der Waals surface area (Å²) in [6.45, 7) is 3.98. The normalized spacial score (nSPS) is 11.3. The van der Waals surface area contributed by atoms with Gasteiger partial charge >= 0.3 is 0 Å². The van der Waals surface area contributed by atoms with E-state index < -0.39 is 4.92 Å². The molecular weight excluding hydrogens is 478 g/mol. The molecule has 0 amide bonds. The van der Waals surface area contributed by atoms with Crippen molar-refractivity contribution in [1.29, 1.82) is 0 Å². The highest BCUT2D eigenvalue weighted by molar-refractivity contribution is 9.10. The summed E-state index contributed by atoms with van der Waals surface area (Å²) < 4.78 is 12.1. The number of oxazole rings is 1. The molecule has 1 aromatic heterocycles. The molecule has 0 aliphatic rings. The average molecular weight is 496 g/mol. The predicted molar refractivity (Wildman–Crippen MR) is 125 cm³/mol. The van der Waals surface area contributed by atoms with Gasteiger partial charge in [-0.15, -0.1) is 0 Å². The maximum absolute atomic E-state index is 11.2. The lowest BCUT2D eigenvalue weighted by Gasteiger charge is -2.07. The van der Waals surface area contributed by atoms with E-state index in [-0.39, 0.29) is 29.4 Å². The standard InChI is InChI=1S/C23H18BrN3O5/c1-3-31-21-11-17(27(29)30)8-15(22(21)28)12-25-16-6-7-20-19(10-16)26-23(32-20)14-5-4-13(2)18(24)9-14/h4-12,28H,3H2,1-2H3. The molecular formula is C23H18BrN3O5. The van der Waals surface area contributed by atoms with Crippen molar-refractivity contribution in [3.05, 3.63) is 74.2 Å². The number of hydrogen-bond donors (Lipinski definition) is 1. The first-order valence-corrected chi connectivity index (χ1v) is 10.5. The topological polar surface area (TPSA) is 111 Å². The van der Waals surface area contributed by atoms with Crippen LogP contribution in [0.2, 0.25) is 0 Å². The molecule has 4 aromatic rings. The molecule has 0 saturated carbocycles. The summed E-state index contributed by atoms with van der Waals surface area (Å²) in [5.74, 6) is 0.305. The van der Waals surface area contributed by atoms with Gasteiger partial charge in [-0.2, -0.15) is 0 Å². The maximum Gasteiger partial charge on any atom is 0.274 e. The Morgan fingerprint density at radius 2 is 2.06 bits per heavy atom. The van der Waals surface area contributed by atoms with Gasteiger partial charge in [0, 0.05) is 27.9 Å². The van der Waals surface area contributed by atoms with Crippen molar-refractivity contribution in [2.45, 2.75) is 13.8 Å². The lowest BCUT2D eigenvalue weighted by atomic mass is 10.1. The van der Waals surface area contributed by atoms with E-state index in [1.54, 1.807) is 25.1 Å². The zero-order valence-corrected chi connectivity index (χ0v) is 18.8. The Balaban J connectivity index is 1.67. The van der Waals surface area contributed by atoms with Gasteiger partial charge in [0.2, 0.25) is 5.89 Å². The van der Waals surface area contributed by atoms with Crippen LogP contribution in [-0.2, 0) is 0 Å². The van der Waals surface area contributed by atoms with Crippen LogP contribution in [0.25, 0.3) is 22.6 Å². The summed E-state index contributed by atoms with van der Waals surface area (Å²) in [6.07, 6.45) is 1.35. The number of nitro groups is 1. The van der Waals surface area contributed by atoms with E-state index in [0.717, 1.165) is 15.6 Å². The molecule has 0 bridgehead atoms. The fraction of sp³-hybridized carbons (Fsp3) is 0.130. The molecule has 162 valence electrons. The molecule has 1 heterocycles. The lowest BCUT2D eigenvalue weighted by molar-refractivity contribution is -0.385. The highest BCUT2D eigenvalue weighted by Gasteiger charge is 2.16. The zero-order chi connectivity index (χ0) is 22.8. The number of aromatic nitrogens is 1. The van der Waals surface area contributed by atoms with Gasteiger partial charge in [0.25, 0.3) is 5.69 Å². The Morgan fingerprint density at radius 1 is 1.25 bits per heavy atom. The SMILES string of the molecule is CCOc1cc([N+](=O)[O-])cc(C=Nc2ccc3oc(-c4ccc(C)c(Br)c4)nc3c2)c1O. The number of phenols is 1. The molecule has 0 spiro atoms. The number of fused-ring (bicyclic) bond motifs is 1. The summed E-state index contributed by atoms with van der Waals surface area (Å²) >= 11 is 3.52. The number of benzene rings is 3. The molecule has 8 nitrogen and oxygen atoms in total. The van der Waals surface area contributed by atoms with Crippen LogP contribution < -0.4 is 4.74 Å². The Labute approximate surface area is 191 Å². The minimum atomic E-state index is -0.550. The van der Waals surface area contributed by atoms with Crippen LogP contribution in [0.5, 0.6) is 11.5 Å². The minimum absolute atomic E-state index is 0.0315. The molecule has 3 aromatic carbocycles. The molecule has 0 aliphatic heterocycles. The maximum atomic E-state index is 11.2. The zero-order valence-electron chi connectivity index (χ0n) is 17.2. The van der Waals surface area contributed by atoms with Crippen LogP contribution in [0.3, 0.4) is 0 Å². The minimum Gasteiger partial charge on any atom is -0.504 e. The number of non-ortho nitro benzene ring substituents is 1. The van der Waals surface area contributed by atoms with Crippen molar-refractivity contribution >= 4 is 44.6 Å². The van der Waals surface area contributed by atoms with E-state index >= 15 is 0 Å². The molecule has 0 fully saturated rings. The number of ether oxygens (including phenoxy) is 1. The van der Waals surface area contributed by atoms with Crippen LogP contribution in [0.4, 0.5) is 11.4 Å².